The van der Waals surface area contributed by atoms with Crippen LogP contribution in [0.25, 0.3) is 0 Å². The van der Waals surface area contributed by atoms with E-state index in [1.54, 1.807) is 0 Å². The van der Waals surface area contributed by atoms with Crippen LogP contribution in [0.4, 0.5) is 0 Å². The van der Waals surface area contributed by atoms with Crippen LogP contribution in [0.2, 0.25) is 0 Å². The third-order valence-electron chi connectivity index (χ3n) is 0.507. The lowest BCUT2D eigenvalue weighted by Crippen LogP contribution is -1.95. The standard InChI is InChI=1S/C4H4N/c1-2-4-5-3-1/h3-4H2. The van der Waals surface area contributed by atoms with Crippen LogP contribution in [0.3, 0.4) is 0 Å². The van der Waals surface area contributed by atoms with Crippen LogP contribution in [0, 0.1) is 11.8 Å². The first-order valence-electron chi connectivity index (χ1n) is 1.59. The minimum atomic E-state index is 0.764. The van der Waals surface area contributed by atoms with E-state index in [1.807, 2.05) is 0 Å². The van der Waals surface area contributed by atoms with Crippen LogP contribution >= 0.6 is 0 Å². The van der Waals surface area contributed by atoms with Gasteiger partial charge in [0.1, 0.15) is 0 Å². The van der Waals surface area contributed by atoms with E-state index in [0.717, 1.165) is 13.1 Å². The molecule has 5 heavy (non-hydrogen) atoms. The highest BCUT2D eigenvalue weighted by Crippen LogP contribution is 1.66. The Labute approximate surface area is 31.4 Å². The van der Waals surface area contributed by atoms with Crippen LogP contribution < -0.4 is 5.32 Å². The Bertz CT molecular complexity index is 67.4. The van der Waals surface area contributed by atoms with Gasteiger partial charge < -0.3 is 0 Å². The van der Waals surface area contributed by atoms with Gasteiger partial charge in [-0.05, 0) is 0 Å². The molecule has 1 aliphatic heterocycles. The van der Waals surface area contributed by atoms with Gasteiger partial charge in [-0.1, -0.05) is 11.8 Å². The van der Waals surface area contributed by atoms with Gasteiger partial charge in [-0.2, -0.15) is 0 Å². The van der Waals surface area contributed by atoms with E-state index in [-0.39, 0.29) is 0 Å². The molecule has 1 heteroatoms. The monoisotopic (exact) mass is 66.0 g/mol. The molecule has 0 aliphatic carbocycles. The first-order valence-corrected chi connectivity index (χ1v) is 1.59. The van der Waals surface area contributed by atoms with E-state index in [0.29, 0.717) is 0 Å². The molecule has 0 atom stereocenters. The van der Waals surface area contributed by atoms with Crippen molar-refractivity contribution in [2.75, 3.05) is 13.1 Å². The van der Waals surface area contributed by atoms with Crippen molar-refractivity contribution < 1.29 is 0 Å². The molecule has 0 saturated heterocycles. The fourth-order valence-electron chi connectivity index (χ4n) is 0.280. The largest absolute Gasteiger partial charge is 0.216 e. The van der Waals surface area contributed by atoms with Crippen LogP contribution in [-0.2, 0) is 0 Å². The molecule has 0 unspecified atom stereocenters. The maximum absolute atomic E-state index is 3.86. The fraction of sp³-hybridized carbons (Fsp3) is 0.500. The van der Waals surface area contributed by atoms with Gasteiger partial charge >= 0.3 is 0 Å². The van der Waals surface area contributed by atoms with Crippen molar-refractivity contribution in [3.8, 4) is 11.8 Å². The lowest BCUT2D eigenvalue weighted by molar-refractivity contribution is 0.880. The van der Waals surface area contributed by atoms with E-state index in [9.17, 15) is 0 Å². The first kappa shape index (κ1) is 2.74. The Morgan fingerprint density at radius 2 is 1.80 bits per heavy atom. The smallest absolute Gasteiger partial charge is 0.0757 e. The Morgan fingerprint density at radius 3 is 2.00 bits per heavy atom. The van der Waals surface area contributed by atoms with Crippen molar-refractivity contribution in [3.63, 3.8) is 0 Å². The summed E-state index contributed by atoms with van der Waals surface area (Å²) >= 11 is 0. The predicted octanol–water partition coefficient (Wildman–Crippen LogP) is -0.392. The molecule has 1 heterocycles. The first-order chi connectivity index (χ1) is 2.50. The molecule has 0 aromatic rings. The van der Waals surface area contributed by atoms with Crippen molar-refractivity contribution in [1.29, 1.82) is 0 Å². The molecule has 0 aromatic carbocycles. The van der Waals surface area contributed by atoms with Gasteiger partial charge in [-0.25, -0.2) is 5.32 Å². The summed E-state index contributed by atoms with van der Waals surface area (Å²) in [4.78, 5) is 0. The number of rotatable bonds is 0. The summed E-state index contributed by atoms with van der Waals surface area (Å²) in [5.74, 6) is 5.61. The topological polar surface area (TPSA) is 14.1 Å². The normalized spacial score (nSPS) is 17.6. The van der Waals surface area contributed by atoms with Crippen LogP contribution in [0.15, 0.2) is 0 Å². The summed E-state index contributed by atoms with van der Waals surface area (Å²) in [7, 11) is 0. The van der Waals surface area contributed by atoms with Gasteiger partial charge in [0, 0.05) is 0 Å². The molecule has 1 rings (SSSR count). The maximum Gasteiger partial charge on any atom is 0.0757 e. The predicted molar refractivity (Wildman–Crippen MR) is 19.6 cm³/mol. The summed E-state index contributed by atoms with van der Waals surface area (Å²) in [6, 6.07) is 0. The molecule has 25 valence electrons. The average Bonchev–Trinajstić information content (AvgIpc) is 1.76. The van der Waals surface area contributed by atoms with Gasteiger partial charge in [0.2, 0.25) is 0 Å². The summed E-state index contributed by atoms with van der Waals surface area (Å²) in [6.45, 7) is 1.53. The fourth-order valence-corrected chi connectivity index (χ4v) is 0.280. The molecule has 0 spiro atoms. The minimum absolute atomic E-state index is 0.764. The molecule has 0 fully saturated rings. The SMILES string of the molecule is C1#CC[N]C1. The third kappa shape index (κ3) is 0.398. The number of hydrogen-bond donors (Lipinski definition) is 0. The van der Waals surface area contributed by atoms with Crippen LogP contribution in [0.5, 0.6) is 0 Å². The maximum atomic E-state index is 3.86. The highest BCUT2D eigenvalue weighted by atomic mass is 14.8. The number of nitrogens with zero attached hydrogens (tertiary/aromatic N) is 1. The molecule has 0 aromatic heterocycles. The Hall–Kier alpha value is -0.480. The molecule has 1 radical (unpaired) electrons. The van der Waals surface area contributed by atoms with E-state index in [2.05, 4.69) is 17.2 Å². The molecular formula is C4H4N. The van der Waals surface area contributed by atoms with Gasteiger partial charge in [0.05, 0.1) is 13.1 Å². The van der Waals surface area contributed by atoms with E-state index >= 15 is 0 Å². The van der Waals surface area contributed by atoms with E-state index in [1.165, 1.54) is 0 Å². The van der Waals surface area contributed by atoms with Crippen LogP contribution in [-0.4, -0.2) is 13.1 Å². The minimum Gasteiger partial charge on any atom is -0.216 e. The summed E-state index contributed by atoms with van der Waals surface area (Å²) in [6.07, 6.45) is 0. The quantitative estimate of drug-likeness (QED) is 0.342. The summed E-state index contributed by atoms with van der Waals surface area (Å²) in [5, 5.41) is 3.86. The summed E-state index contributed by atoms with van der Waals surface area (Å²) < 4.78 is 0. The van der Waals surface area contributed by atoms with Gasteiger partial charge in [-0.3, -0.25) is 0 Å². The third-order valence-corrected chi connectivity index (χ3v) is 0.507. The van der Waals surface area contributed by atoms with Crippen LogP contribution in [0.1, 0.15) is 0 Å². The van der Waals surface area contributed by atoms with E-state index in [4.69, 9.17) is 0 Å². The molecule has 1 nitrogen and oxygen atoms in total. The second-order valence-electron chi connectivity index (χ2n) is 0.893. The lowest BCUT2D eigenvalue weighted by atomic mass is 10.7. The van der Waals surface area contributed by atoms with E-state index < -0.39 is 0 Å². The van der Waals surface area contributed by atoms with Crippen molar-refractivity contribution in [2.45, 2.75) is 0 Å². The second-order valence-corrected chi connectivity index (χ2v) is 0.893. The zero-order valence-electron chi connectivity index (χ0n) is 2.86. The Morgan fingerprint density at radius 1 is 1.20 bits per heavy atom. The molecule has 0 amide bonds. The van der Waals surface area contributed by atoms with Gasteiger partial charge in [0.15, 0.2) is 0 Å². The number of hydrogen-bond acceptors (Lipinski definition) is 0. The Kier molecular flexibility index (Phi) is 0.600. The second kappa shape index (κ2) is 1.09. The molecular weight excluding hydrogens is 62.1 g/mol. The molecule has 0 bridgehead atoms. The van der Waals surface area contributed by atoms with Crippen molar-refractivity contribution >= 4 is 0 Å². The van der Waals surface area contributed by atoms with Gasteiger partial charge in [0.25, 0.3) is 0 Å². The van der Waals surface area contributed by atoms with Crippen molar-refractivity contribution in [1.82, 2.24) is 5.32 Å². The zero-order chi connectivity index (χ0) is 3.54. The zero-order valence-corrected chi connectivity index (χ0v) is 2.86. The van der Waals surface area contributed by atoms with Crippen molar-refractivity contribution in [2.24, 2.45) is 0 Å². The molecule has 0 saturated carbocycles. The highest BCUT2D eigenvalue weighted by Gasteiger charge is 1.82. The molecule has 0 N–H and O–H groups in total. The van der Waals surface area contributed by atoms with Gasteiger partial charge in [-0.15, -0.1) is 0 Å². The van der Waals surface area contributed by atoms with Crippen molar-refractivity contribution in [3.05, 3.63) is 0 Å². The molecule has 1 aliphatic rings. The summed E-state index contributed by atoms with van der Waals surface area (Å²) in [5.41, 5.74) is 0. The Balaban J connectivity index is 2.42. The highest BCUT2D eigenvalue weighted by molar-refractivity contribution is 5.08. The average molecular weight is 66.1 g/mol. The lowest BCUT2D eigenvalue weighted by Gasteiger charge is -1.71.